The fourth-order valence-electron chi connectivity index (χ4n) is 4.95. The van der Waals surface area contributed by atoms with Gasteiger partial charge in [-0.25, -0.2) is 4.79 Å². The number of hydrogen-bond donors (Lipinski definition) is 1. The molecule has 308 valence electrons. The van der Waals surface area contributed by atoms with Gasteiger partial charge in [0.2, 0.25) is 0 Å². The van der Waals surface area contributed by atoms with Crippen LogP contribution in [0.25, 0.3) is 0 Å². The number of alkyl halides is 3. The first-order valence-electron chi connectivity index (χ1n) is 19.2. The monoisotopic (exact) mass is 773 g/mol. The molecule has 0 saturated carbocycles. The fraction of sp³-hybridized carbons (Fsp3) is 0.675. The molecular formula is C40H62F3NO10. The highest BCUT2D eigenvalue weighted by Gasteiger charge is 2.30. The molecule has 0 radical (unpaired) electrons. The van der Waals surface area contributed by atoms with Crippen molar-refractivity contribution in [1.82, 2.24) is 0 Å². The van der Waals surface area contributed by atoms with Crippen molar-refractivity contribution < 1.29 is 60.6 Å². The van der Waals surface area contributed by atoms with E-state index in [4.69, 9.17) is 42.6 Å². The van der Waals surface area contributed by atoms with Gasteiger partial charge in [-0.15, -0.1) is 0 Å². The average molecular weight is 774 g/mol. The molecule has 0 aliphatic carbocycles. The molecule has 0 aliphatic heterocycles. The van der Waals surface area contributed by atoms with E-state index in [-0.39, 0.29) is 24.5 Å². The van der Waals surface area contributed by atoms with Crippen molar-refractivity contribution in [2.45, 2.75) is 64.5 Å². The van der Waals surface area contributed by atoms with Crippen molar-refractivity contribution in [3.05, 3.63) is 59.7 Å². The zero-order chi connectivity index (χ0) is 38.8. The summed E-state index contributed by atoms with van der Waals surface area (Å²) in [5.41, 5.74) is -0.0737. The van der Waals surface area contributed by atoms with Gasteiger partial charge in [-0.05, 0) is 36.8 Å². The molecule has 0 saturated heterocycles. The average Bonchev–Trinajstić information content (AvgIpc) is 3.16. The predicted octanol–water partition coefficient (Wildman–Crippen LogP) is 7.88. The summed E-state index contributed by atoms with van der Waals surface area (Å²) in [4.78, 5) is 12.6. The predicted molar refractivity (Wildman–Crippen MR) is 201 cm³/mol. The van der Waals surface area contributed by atoms with Gasteiger partial charge in [0.25, 0.3) is 0 Å². The van der Waals surface area contributed by atoms with Gasteiger partial charge in [-0.2, -0.15) is 13.2 Å². The van der Waals surface area contributed by atoms with Gasteiger partial charge in [-0.3, -0.25) is 0 Å². The van der Waals surface area contributed by atoms with Crippen molar-refractivity contribution in [2.24, 2.45) is 0 Å². The number of rotatable bonds is 36. The highest BCUT2D eigenvalue weighted by Crippen LogP contribution is 2.32. The van der Waals surface area contributed by atoms with Gasteiger partial charge >= 0.3 is 12.1 Å². The Morgan fingerprint density at radius 3 is 1.43 bits per heavy atom. The Balaban J connectivity index is 1.29. The summed E-state index contributed by atoms with van der Waals surface area (Å²) in [6.45, 7) is 9.81. The second kappa shape index (κ2) is 32.4. The smallest absolute Gasteiger partial charge is 0.416 e. The van der Waals surface area contributed by atoms with Gasteiger partial charge in [0, 0.05) is 12.3 Å². The van der Waals surface area contributed by atoms with Gasteiger partial charge in [0.15, 0.2) is 0 Å². The number of ether oxygens (including phenoxy) is 9. The van der Waals surface area contributed by atoms with Crippen LogP contribution in [0, 0.1) is 0 Å². The molecule has 2 rings (SSSR count). The Morgan fingerprint density at radius 2 is 0.944 bits per heavy atom. The highest BCUT2D eigenvalue weighted by molar-refractivity contribution is 5.96. The van der Waals surface area contributed by atoms with Crippen LogP contribution < -0.4 is 5.32 Å². The number of carbonyl (C=O) groups is 1. The number of halogens is 3. The minimum Gasteiger partial charge on any atom is -0.460 e. The molecule has 2 aromatic carbocycles. The normalized spacial score (nSPS) is 11.6. The van der Waals surface area contributed by atoms with E-state index in [0.717, 1.165) is 25.2 Å². The first-order chi connectivity index (χ1) is 26.4. The number of unbranched alkanes of at least 4 members (excludes halogenated alkanes) is 7. The number of carbonyl (C=O) groups excluding carboxylic acids is 1. The second-order valence-electron chi connectivity index (χ2n) is 12.3. The molecule has 0 aliphatic rings. The lowest BCUT2D eigenvalue weighted by molar-refractivity contribution is -0.137. The summed E-state index contributed by atoms with van der Waals surface area (Å²) in [5.74, 6) is -0.623. The van der Waals surface area contributed by atoms with E-state index >= 15 is 0 Å². The summed E-state index contributed by atoms with van der Waals surface area (Å²) in [5, 5.41) is 2.86. The van der Waals surface area contributed by atoms with Crippen LogP contribution in [-0.4, -0.2) is 118 Å². The van der Waals surface area contributed by atoms with Gasteiger partial charge in [0.1, 0.15) is 6.61 Å². The number of para-hydroxylation sites is 1. The van der Waals surface area contributed by atoms with E-state index in [1.54, 1.807) is 18.2 Å². The van der Waals surface area contributed by atoms with E-state index in [0.29, 0.717) is 98.2 Å². The van der Waals surface area contributed by atoms with Gasteiger partial charge in [0.05, 0.1) is 116 Å². The van der Waals surface area contributed by atoms with E-state index in [9.17, 15) is 18.0 Å². The van der Waals surface area contributed by atoms with Crippen molar-refractivity contribution in [3.63, 3.8) is 0 Å². The van der Waals surface area contributed by atoms with Crippen LogP contribution in [0.15, 0.2) is 48.5 Å². The number of nitrogens with one attached hydrogen (secondary N) is 1. The summed E-state index contributed by atoms with van der Waals surface area (Å²) < 4.78 is 88.4. The van der Waals surface area contributed by atoms with E-state index in [1.807, 2.05) is 0 Å². The van der Waals surface area contributed by atoms with Crippen molar-refractivity contribution in [1.29, 1.82) is 0 Å². The molecule has 0 aromatic heterocycles. The Bertz CT molecular complexity index is 1190. The summed E-state index contributed by atoms with van der Waals surface area (Å²) in [6, 6.07) is 11.2. The summed E-state index contributed by atoms with van der Waals surface area (Å²) >= 11 is 0. The molecule has 0 heterocycles. The number of esters is 1. The van der Waals surface area contributed by atoms with Gasteiger partial charge in [-0.1, -0.05) is 70.1 Å². The molecule has 0 amide bonds. The van der Waals surface area contributed by atoms with Crippen LogP contribution in [0.3, 0.4) is 0 Å². The van der Waals surface area contributed by atoms with E-state index in [2.05, 4.69) is 12.2 Å². The van der Waals surface area contributed by atoms with Crippen LogP contribution >= 0.6 is 0 Å². The van der Waals surface area contributed by atoms with Crippen LogP contribution in [0.4, 0.5) is 24.5 Å². The maximum absolute atomic E-state index is 13.1. The van der Waals surface area contributed by atoms with E-state index in [1.165, 1.54) is 63.1 Å². The lowest BCUT2D eigenvalue weighted by Crippen LogP contribution is -2.16. The maximum atomic E-state index is 13.1. The minimum absolute atomic E-state index is 0.00412. The molecule has 14 heteroatoms. The Labute approximate surface area is 319 Å². The SMILES string of the molecule is CCCCCCCCCCOCCOCCOCCOCCOCCOCCOCCOCCOC(=O)c1ccccc1Nc1cccc(C(F)(F)F)c1. The van der Waals surface area contributed by atoms with Crippen molar-refractivity contribution >= 4 is 17.3 Å². The third-order valence-electron chi connectivity index (χ3n) is 7.82. The topological polar surface area (TPSA) is 112 Å². The van der Waals surface area contributed by atoms with Crippen LogP contribution in [0.2, 0.25) is 0 Å². The first kappa shape index (κ1) is 47.3. The molecule has 0 fully saturated rings. The molecule has 0 spiro atoms. The van der Waals surface area contributed by atoms with E-state index < -0.39 is 17.7 Å². The van der Waals surface area contributed by atoms with Gasteiger partial charge < -0.3 is 47.9 Å². The molecule has 2 aromatic rings. The molecule has 1 N–H and O–H groups in total. The minimum atomic E-state index is -4.47. The summed E-state index contributed by atoms with van der Waals surface area (Å²) in [6.07, 6.45) is 5.93. The van der Waals surface area contributed by atoms with Crippen molar-refractivity contribution in [3.8, 4) is 0 Å². The zero-order valence-corrected chi connectivity index (χ0v) is 32.0. The molecule has 0 atom stereocenters. The van der Waals surface area contributed by atoms with Crippen LogP contribution in [0.1, 0.15) is 74.2 Å². The number of anilines is 2. The zero-order valence-electron chi connectivity index (χ0n) is 32.0. The third kappa shape index (κ3) is 25.3. The Hall–Kier alpha value is -2.82. The quantitative estimate of drug-likeness (QED) is 0.0539. The highest BCUT2D eigenvalue weighted by atomic mass is 19.4. The molecule has 0 bridgehead atoms. The number of benzene rings is 2. The second-order valence-corrected chi connectivity index (χ2v) is 12.3. The Kier molecular flexibility index (Phi) is 28.4. The lowest BCUT2D eigenvalue weighted by Gasteiger charge is -2.13. The Morgan fingerprint density at radius 1 is 0.519 bits per heavy atom. The van der Waals surface area contributed by atoms with Crippen molar-refractivity contribution in [2.75, 3.05) is 118 Å². The maximum Gasteiger partial charge on any atom is 0.416 e. The number of hydrogen-bond acceptors (Lipinski definition) is 11. The largest absolute Gasteiger partial charge is 0.460 e. The summed E-state index contributed by atoms with van der Waals surface area (Å²) in [7, 11) is 0. The lowest BCUT2D eigenvalue weighted by atomic mass is 10.1. The molecular weight excluding hydrogens is 711 g/mol. The fourth-order valence-corrected chi connectivity index (χ4v) is 4.95. The molecule has 11 nitrogen and oxygen atoms in total. The molecule has 54 heavy (non-hydrogen) atoms. The van der Waals surface area contributed by atoms with Crippen LogP contribution in [0.5, 0.6) is 0 Å². The molecule has 0 unspecified atom stereocenters. The third-order valence-corrected chi connectivity index (χ3v) is 7.82. The first-order valence-corrected chi connectivity index (χ1v) is 19.2. The van der Waals surface area contributed by atoms with Crippen LogP contribution in [-0.2, 0) is 48.8 Å². The standard InChI is InChI=1S/C40H62F3NO10/c1-2-3-4-5-6-7-8-11-17-46-18-19-47-20-21-48-22-23-49-24-25-50-26-27-51-28-29-52-30-31-53-32-33-54-39(45)37-15-9-10-16-38(37)44-36-14-12-13-35(34-36)40(41,42)43/h9-10,12-16,34,44H,2-8,11,17-33H2,1H3.